The average Bonchev–Trinajstić information content (AvgIpc) is 2.64. The summed E-state index contributed by atoms with van der Waals surface area (Å²) in [4.78, 5) is 2.43. The molecule has 104 valence electrons. The minimum absolute atomic E-state index is 0.930. The Morgan fingerprint density at radius 2 is 1.83 bits per heavy atom. The van der Waals surface area contributed by atoms with E-state index < -0.39 is 0 Å². The van der Waals surface area contributed by atoms with E-state index in [0.29, 0.717) is 0 Å². The van der Waals surface area contributed by atoms with E-state index in [1.807, 2.05) is 0 Å². The van der Waals surface area contributed by atoms with E-state index >= 15 is 0 Å². The highest BCUT2D eigenvalue weighted by molar-refractivity contribution is 5.24. The van der Waals surface area contributed by atoms with Gasteiger partial charge in [-0.05, 0) is 33.5 Å². The van der Waals surface area contributed by atoms with E-state index in [9.17, 15) is 0 Å². The molecule has 0 unspecified atom stereocenters. The van der Waals surface area contributed by atoms with Crippen LogP contribution in [0, 0.1) is 13.8 Å². The van der Waals surface area contributed by atoms with Crippen LogP contribution in [0.3, 0.4) is 0 Å². The maximum Gasteiger partial charge on any atom is 0.0641 e. The zero-order chi connectivity index (χ0) is 13.5. The van der Waals surface area contributed by atoms with Crippen molar-refractivity contribution in [1.82, 2.24) is 20.0 Å². The van der Waals surface area contributed by atoms with Crippen molar-refractivity contribution in [2.75, 3.05) is 26.2 Å². The lowest BCUT2D eigenvalue weighted by molar-refractivity contribution is 0.284. The van der Waals surface area contributed by atoms with Gasteiger partial charge in [-0.15, -0.1) is 0 Å². The molecular formula is C14H28N4. The summed E-state index contributed by atoms with van der Waals surface area (Å²) in [6, 6.07) is 0. The first kappa shape index (κ1) is 15.2. The van der Waals surface area contributed by atoms with E-state index in [4.69, 9.17) is 0 Å². The molecule has 0 saturated heterocycles. The van der Waals surface area contributed by atoms with Gasteiger partial charge in [0, 0.05) is 24.3 Å². The largest absolute Gasteiger partial charge is 0.313 e. The Morgan fingerprint density at radius 1 is 1.17 bits per heavy atom. The molecule has 1 aromatic rings. The van der Waals surface area contributed by atoms with E-state index in [1.54, 1.807) is 0 Å². The quantitative estimate of drug-likeness (QED) is 0.767. The Bertz CT molecular complexity index is 353. The molecule has 0 spiro atoms. The van der Waals surface area contributed by atoms with Crippen LogP contribution in [0.1, 0.15) is 37.7 Å². The van der Waals surface area contributed by atoms with E-state index in [2.05, 4.69) is 54.6 Å². The summed E-state index contributed by atoms with van der Waals surface area (Å²) in [6.07, 6.45) is 0. The fourth-order valence-corrected chi connectivity index (χ4v) is 2.23. The van der Waals surface area contributed by atoms with Crippen LogP contribution in [0.4, 0.5) is 0 Å². The smallest absolute Gasteiger partial charge is 0.0641 e. The fraction of sp³-hybridized carbons (Fsp3) is 0.786. The van der Waals surface area contributed by atoms with Crippen LogP contribution >= 0.6 is 0 Å². The Kier molecular flexibility index (Phi) is 6.36. The number of aromatic nitrogens is 2. The molecule has 0 aliphatic carbocycles. The van der Waals surface area contributed by atoms with Gasteiger partial charge in [-0.3, -0.25) is 4.68 Å². The molecule has 1 aromatic heterocycles. The van der Waals surface area contributed by atoms with Gasteiger partial charge in [0.15, 0.2) is 0 Å². The highest BCUT2D eigenvalue weighted by Gasteiger charge is 2.11. The molecule has 1 rings (SSSR count). The Balaban J connectivity index is 2.66. The zero-order valence-corrected chi connectivity index (χ0v) is 12.6. The highest BCUT2D eigenvalue weighted by Crippen LogP contribution is 2.12. The number of aryl methyl sites for hydroxylation is 1. The SMILES string of the molecule is CCNCc1c(C)nn(CCN(CC)CC)c1C. The molecule has 0 bridgehead atoms. The molecule has 0 atom stereocenters. The second-order valence-corrected chi connectivity index (χ2v) is 4.68. The minimum atomic E-state index is 0.930. The van der Waals surface area contributed by atoms with Gasteiger partial charge in [0.1, 0.15) is 0 Å². The molecule has 4 heteroatoms. The summed E-state index contributed by atoms with van der Waals surface area (Å²) in [7, 11) is 0. The topological polar surface area (TPSA) is 33.1 Å². The first-order valence-electron chi connectivity index (χ1n) is 7.09. The van der Waals surface area contributed by atoms with Crippen molar-refractivity contribution in [1.29, 1.82) is 0 Å². The summed E-state index contributed by atoms with van der Waals surface area (Å²) in [5, 5.41) is 8.04. The molecule has 0 fully saturated rings. The molecule has 1 N–H and O–H groups in total. The molecule has 0 saturated carbocycles. The van der Waals surface area contributed by atoms with Crippen LogP contribution in [0.15, 0.2) is 0 Å². The third-order valence-corrected chi connectivity index (χ3v) is 3.61. The number of likely N-dealkylation sites (N-methyl/N-ethyl adjacent to an activating group) is 1. The number of hydrogen-bond acceptors (Lipinski definition) is 3. The van der Waals surface area contributed by atoms with Gasteiger partial charge >= 0.3 is 0 Å². The predicted molar refractivity (Wildman–Crippen MR) is 76.9 cm³/mol. The lowest BCUT2D eigenvalue weighted by atomic mass is 10.2. The lowest BCUT2D eigenvalue weighted by Gasteiger charge is -2.18. The summed E-state index contributed by atoms with van der Waals surface area (Å²) in [5.74, 6) is 0. The van der Waals surface area contributed by atoms with Crippen LogP contribution in [0.25, 0.3) is 0 Å². The van der Waals surface area contributed by atoms with E-state index in [1.165, 1.54) is 11.3 Å². The standard InChI is InChI=1S/C14H28N4/c1-6-15-11-14-12(4)16-18(13(14)5)10-9-17(7-2)8-3/h15H,6-11H2,1-5H3. The van der Waals surface area contributed by atoms with Crippen molar-refractivity contribution in [2.24, 2.45) is 0 Å². The summed E-state index contributed by atoms with van der Waals surface area (Å²) >= 11 is 0. The van der Waals surface area contributed by atoms with Gasteiger partial charge in [0.05, 0.1) is 12.2 Å². The number of rotatable bonds is 8. The normalized spacial score (nSPS) is 11.4. The average molecular weight is 252 g/mol. The summed E-state index contributed by atoms with van der Waals surface area (Å²) in [5.41, 5.74) is 3.82. The van der Waals surface area contributed by atoms with Gasteiger partial charge in [0.2, 0.25) is 0 Å². The first-order chi connectivity index (χ1) is 8.63. The number of hydrogen-bond donors (Lipinski definition) is 1. The second-order valence-electron chi connectivity index (χ2n) is 4.68. The molecular weight excluding hydrogens is 224 g/mol. The Hall–Kier alpha value is -0.870. The van der Waals surface area contributed by atoms with Crippen molar-refractivity contribution < 1.29 is 0 Å². The van der Waals surface area contributed by atoms with Crippen molar-refractivity contribution in [3.05, 3.63) is 17.0 Å². The van der Waals surface area contributed by atoms with Crippen molar-refractivity contribution in [2.45, 2.75) is 47.7 Å². The van der Waals surface area contributed by atoms with Gasteiger partial charge in [-0.2, -0.15) is 5.10 Å². The third-order valence-electron chi connectivity index (χ3n) is 3.61. The van der Waals surface area contributed by atoms with Gasteiger partial charge in [-0.25, -0.2) is 0 Å². The molecule has 4 nitrogen and oxygen atoms in total. The van der Waals surface area contributed by atoms with E-state index in [-0.39, 0.29) is 0 Å². The van der Waals surface area contributed by atoms with E-state index in [0.717, 1.165) is 45.0 Å². The van der Waals surface area contributed by atoms with Gasteiger partial charge in [-0.1, -0.05) is 20.8 Å². The van der Waals surface area contributed by atoms with Crippen LogP contribution in [-0.2, 0) is 13.1 Å². The Morgan fingerprint density at radius 3 is 2.39 bits per heavy atom. The molecule has 1 heterocycles. The van der Waals surface area contributed by atoms with Crippen LogP contribution < -0.4 is 5.32 Å². The van der Waals surface area contributed by atoms with Crippen molar-refractivity contribution in [3.8, 4) is 0 Å². The number of nitrogens with one attached hydrogen (secondary N) is 1. The Labute approximate surface area is 111 Å². The highest BCUT2D eigenvalue weighted by atomic mass is 15.3. The van der Waals surface area contributed by atoms with Crippen molar-refractivity contribution >= 4 is 0 Å². The molecule has 0 aliphatic heterocycles. The van der Waals surface area contributed by atoms with Crippen LogP contribution in [0.2, 0.25) is 0 Å². The maximum absolute atomic E-state index is 4.65. The zero-order valence-electron chi connectivity index (χ0n) is 12.6. The third kappa shape index (κ3) is 3.82. The molecule has 0 amide bonds. The predicted octanol–water partition coefficient (Wildman–Crippen LogP) is 1.95. The van der Waals surface area contributed by atoms with Crippen molar-refractivity contribution in [3.63, 3.8) is 0 Å². The maximum atomic E-state index is 4.65. The summed E-state index contributed by atoms with van der Waals surface area (Å²) < 4.78 is 2.15. The molecule has 0 radical (unpaired) electrons. The van der Waals surface area contributed by atoms with Crippen LogP contribution in [0.5, 0.6) is 0 Å². The van der Waals surface area contributed by atoms with Gasteiger partial charge in [0.25, 0.3) is 0 Å². The first-order valence-corrected chi connectivity index (χ1v) is 7.09. The molecule has 18 heavy (non-hydrogen) atoms. The lowest BCUT2D eigenvalue weighted by Crippen LogP contribution is -2.27. The second kappa shape index (κ2) is 7.54. The monoisotopic (exact) mass is 252 g/mol. The molecule has 0 aliphatic rings. The molecule has 0 aromatic carbocycles. The minimum Gasteiger partial charge on any atom is -0.313 e. The fourth-order valence-electron chi connectivity index (χ4n) is 2.23. The van der Waals surface area contributed by atoms with Gasteiger partial charge < -0.3 is 10.2 Å². The number of nitrogens with zero attached hydrogens (tertiary/aromatic N) is 3. The summed E-state index contributed by atoms with van der Waals surface area (Å²) in [6.45, 7) is 17.1. The van der Waals surface area contributed by atoms with Crippen LogP contribution in [-0.4, -0.2) is 40.9 Å².